The Morgan fingerprint density at radius 1 is 1.00 bits per heavy atom. The van der Waals surface area contributed by atoms with Gasteiger partial charge in [-0.15, -0.1) is 11.3 Å². The molecule has 0 saturated heterocycles. The molecule has 3 rings (SSSR count). The van der Waals surface area contributed by atoms with E-state index in [2.05, 4.69) is 5.32 Å². The van der Waals surface area contributed by atoms with Crippen LogP contribution in [-0.4, -0.2) is 39.3 Å². The molecule has 0 aliphatic rings. The molecule has 3 aromatic rings. The van der Waals surface area contributed by atoms with E-state index in [4.69, 9.17) is 18.9 Å². The molecule has 0 unspecified atom stereocenters. The normalized spacial score (nSPS) is 10.5. The Hall–Kier alpha value is -3.52. The van der Waals surface area contributed by atoms with Crippen molar-refractivity contribution in [2.24, 2.45) is 0 Å². The molecule has 0 aliphatic carbocycles. The number of ether oxygens (including phenoxy) is 4. The number of aryl methyl sites for hydroxylation is 2. The fourth-order valence-corrected chi connectivity index (χ4v) is 4.47. The van der Waals surface area contributed by atoms with Crippen LogP contribution in [-0.2, 0) is 9.53 Å². The summed E-state index contributed by atoms with van der Waals surface area (Å²) in [5.41, 5.74) is 2.76. The highest BCUT2D eigenvalue weighted by Crippen LogP contribution is 2.42. The summed E-state index contributed by atoms with van der Waals surface area (Å²) in [6.07, 6.45) is 0. The van der Waals surface area contributed by atoms with E-state index in [9.17, 15) is 9.59 Å². The van der Waals surface area contributed by atoms with Gasteiger partial charge < -0.3 is 24.3 Å². The molecule has 1 N–H and O–H groups in total. The number of anilines is 1. The maximum Gasteiger partial charge on any atom is 0.341 e. The minimum atomic E-state index is -0.512. The first kappa shape index (κ1) is 24.1. The Kier molecular flexibility index (Phi) is 7.95. The molecule has 7 nitrogen and oxygen atoms in total. The monoisotopic (exact) mass is 469 g/mol. The van der Waals surface area contributed by atoms with Crippen molar-refractivity contribution in [3.8, 4) is 28.4 Å². The minimum absolute atomic E-state index is 0.186. The van der Waals surface area contributed by atoms with E-state index < -0.39 is 5.97 Å². The summed E-state index contributed by atoms with van der Waals surface area (Å²) in [7, 11) is 3.11. The number of carbonyl (C=O) groups excluding carboxylic acids is 2. The third-order valence-corrected chi connectivity index (χ3v) is 5.87. The predicted molar refractivity (Wildman–Crippen MR) is 129 cm³/mol. The summed E-state index contributed by atoms with van der Waals surface area (Å²) in [4.78, 5) is 26.4. The second-order valence-electron chi connectivity index (χ2n) is 7.18. The summed E-state index contributed by atoms with van der Waals surface area (Å²) in [5, 5.41) is 3.23. The summed E-state index contributed by atoms with van der Waals surface area (Å²) >= 11 is 1.31. The Balaban J connectivity index is 1.92. The van der Waals surface area contributed by atoms with Crippen LogP contribution in [0.25, 0.3) is 11.1 Å². The lowest BCUT2D eigenvalue weighted by atomic mass is 10.0. The first-order valence-electron chi connectivity index (χ1n) is 10.4. The van der Waals surface area contributed by atoms with Crippen LogP contribution in [0.2, 0.25) is 0 Å². The SMILES string of the molecule is CCOC(=O)c1c(NC(=O)COc2cccc(C)c2)sc(C)c1-c1ccc(OC)c(OC)c1. The van der Waals surface area contributed by atoms with E-state index in [0.717, 1.165) is 16.0 Å². The molecule has 1 heterocycles. The topological polar surface area (TPSA) is 83.1 Å². The number of methoxy groups -OCH3 is 2. The minimum Gasteiger partial charge on any atom is -0.493 e. The van der Waals surface area contributed by atoms with Gasteiger partial charge in [0.25, 0.3) is 5.91 Å². The highest BCUT2D eigenvalue weighted by atomic mass is 32.1. The summed E-state index contributed by atoms with van der Waals surface area (Å²) < 4.78 is 21.6. The lowest BCUT2D eigenvalue weighted by molar-refractivity contribution is -0.118. The van der Waals surface area contributed by atoms with Gasteiger partial charge in [0, 0.05) is 10.4 Å². The molecule has 1 amide bonds. The Morgan fingerprint density at radius 2 is 1.76 bits per heavy atom. The average molecular weight is 470 g/mol. The lowest BCUT2D eigenvalue weighted by Gasteiger charge is -2.12. The van der Waals surface area contributed by atoms with Crippen LogP contribution in [0.4, 0.5) is 5.00 Å². The van der Waals surface area contributed by atoms with Gasteiger partial charge >= 0.3 is 5.97 Å². The van der Waals surface area contributed by atoms with Crippen molar-refractivity contribution >= 4 is 28.2 Å². The number of thiophene rings is 1. The van der Waals surface area contributed by atoms with Gasteiger partial charge in [0.15, 0.2) is 18.1 Å². The van der Waals surface area contributed by atoms with Crippen molar-refractivity contribution in [2.45, 2.75) is 20.8 Å². The molecule has 0 fully saturated rings. The quantitative estimate of drug-likeness (QED) is 0.432. The lowest BCUT2D eigenvalue weighted by Crippen LogP contribution is -2.21. The van der Waals surface area contributed by atoms with Gasteiger partial charge in [-0.25, -0.2) is 4.79 Å². The van der Waals surface area contributed by atoms with Crippen molar-refractivity contribution in [2.75, 3.05) is 32.8 Å². The van der Waals surface area contributed by atoms with Crippen molar-refractivity contribution < 1.29 is 28.5 Å². The molecule has 0 spiro atoms. The molecular formula is C25H27NO6S. The Morgan fingerprint density at radius 3 is 2.42 bits per heavy atom. The number of esters is 1. The molecule has 33 heavy (non-hydrogen) atoms. The van der Waals surface area contributed by atoms with E-state index in [0.29, 0.717) is 33.4 Å². The van der Waals surface area contributed by atoms with Crippen LogP contribution in [0.15, 0.2) is 42.5 Å². The number of amides is 1. The molecule has 0 bridgehead atoms. The standard InChI is InChI=1S/C25H27NO6S/c1-6-31-25(28)23-22(17-10-11-19(29-4)20(13-17)30-5)16(3)33-24(23)26-21(27)14-32-18-9-7-8-15(2)12-18/h7-13H,6,14H2,1-5H3,(H,26,27). The van der Waals surface area contributed by atoms with Crippen LogP contribution >= 0.6 is 11.3 Å². The molecule has 2 aromatic carbocycles. The number of benzene rings is 2. The highest BCUT2D eigenvalue weighted by Gasteiger charge is 2.26. The molecule has 0 aliphatic heterocycles. The summed E-state index contributed by atoms with van der Waals surface area (Å²) in [5.74, 6) is 0.828. The van der Waals surface area contributed by atoms with Crippen LogP contribution in [0.3, 0.4) is 0 Å². The maximum atomic E-state index is 12.9. The van der Waals surface area contributed by atoms with Crippen molar-refractivity contribution in [3.05, 3.63) is 58.5 Å². The molecule has 174 valence electrons. The fourth-order valence-electron chi connectivity index (χ4n) is 3.39. The van der Waals surface area contributed by atoms with Crippen molar-refractivity contribution in [1.29, 1.82) is 0 Å². The van der Waals surface area contributed by atoms with Crippen LogP contribution in [0, 0.1) is 13.8 Å². The largest absolute Gasteiger partial charge is 0.493 e. The van der Waals surface area contributed by atoms with Crippen molar-refractivity contribution in [3.63, 3.8) is 0 Å². The number of carbonyl (C=O) groups is 2. The molecule has 0 saturated carbocycles. The maximum absolute atomic E-state index is 12.9. The number of rotatable bonds is 9. The number of hydrogen-bond acceptors (Lipinski definition) is 7. The van der Waals surface area contributed by atoms with Gasteiger partial charge in [-0.3, -0.25) is 4.79 Å². The second kappa shape index (κ2) is 10.9. The van der Waals surface area contributed by atoms with E-state index in [1.807, 2.05) is 38.1 Å². The third kappa shape index (κ3) is 5.64. The molecular weight excluding hydrogens is 442 g/mol. The molecule has 0 atom stereocenters. The van der Waals surface area contributed by atoms with E-state index in [-0.39, 0.29) is 19.1 Å². The average Bonchev–Trinajstić information content (AvgIpc) is 3.12. The Bertz CT molecular complexity index is 1150. The molecule has 1 aromatic heterocycles. The van der Waals surface area contributed by atoms with Gasteiger partial charge in [0.05, 0.1) is 20.8 Å². The van der Waals surface area contributed by atoms with Crippen LogP contribution in [0.5, 0.6) is 17.2 Å². The van der Waals surface area contributed by atoms with Gasteiger partial charge in [0.2, 0.25) is 0 Å². The van der Waals surface area contributed by atoms with Crippen molar-refractivity contribution in [1.82, 2.24) is 0 Å². The zero-order chi connectivity index (χ0) is 24.0. The Labute approximate surface area is 197 Å². The van der Waals surface area contributed by atoms with Gasteiger partial charge in [0.1, 0.15) is 16.3 Å². The number of hydrogen-bond donors (Lipinski definition) is 1. The number of nitrogens with one attached hydrogen (secondary N) is 1. The zero-order valence-electron chi connectivity index (χ0n) is 19.3. The van der Waals surface area contributed by atoms with Crippen LogP contribution < -0.4 is 19.5 Å². The second-order valence-corrected chi connectivity index (χ2v) is 8.41. The van der Waals surface area contributed by atoms with E-state index >= 15 is 0 Å². The first-order chi connectivity index (χ1) is 15.9. The van der Waals surface area contributed by atoms with Crippen LogP contribution in [0.1, 0.15) is 27.7 Å². The molecule has 8 heteroatoms. The summed E-state index contributed by atoms with van der Waals surface area (Å²) in [6, 6.07) is 12.8. The van der Waals surface area contributed by atoms with E-state index in [1.165, 1.54) is 11.3 Å². The van der Waals surface area contributed by atoms with Gasteiger partial charge in [-0.05, 0) is 56.2 Å². The summed E-state index contributed by atoms with van der Waals surface area (Å²) in [6.45, 7) is 5.60. The van der Waals surface area contributed by atoms with Gasteiger partial charge in [-0.1, -0.05) is 18.2 Å². The highest BCUT2D eigenvalue weighted by molar-refractivity contribution is 7.17. The fraction of sp³-hybridized carbons (Fsp3) is 0.280. The third-order valence-electron chi connectivity index (χ3n) is 4.85. The van der Waals surface area contributed by atoms with Gasteiger partial charge in [-0.2, -0.15) is 0 Å². The molecule has 0 radical (unpaired) electrons. The smallest absolute Gasteiger partial charge is 0.341 e. The zero-order valence-corrected chi connectivity index (χ0v) is 20.1. The van der Waals surface area contributed by atoms with E-state index in [1.54, 1.807) is 39.3 Å². The predicted octanol–water partition coefficient (Wildman–Crippen LogP) is 5.24. The first-order valence-corrected chi connectivity index (χ1v) is 11.2.